The summed E-state index contributed by atoms with van der Waals surface area (Å²) in [5.41, 5.74) is -0.507. The van der Waals surface area contributed by atoms with E-state index in [-0.39, 0.29) is 17.2 Å². The van der Waals surface area contributed by atoms with Crippen LogP contribution in [-0.4, -0.2) is 27.9 Å². The van der Waals surface area contributed by atoms with Gasteiger partial charge in [-0.1, -0.05) is 26.0 Å². The van der Waals surface area contributed by atoms with Crippen molar-refractivity contribution in [1.82, 2.24) is 5.32 Å². The molecule has 0 aromatic heterocycles. The molecule has 102 valence electrons. The molecule has 0 saturated carbocycles. The van der Waals surface area contributed by atoms with Gasteiger partial charge in [-0.3, -0.25) is 14.9 Å². The van der Waals surface area contributed by atoms with Crippen LogP contribution in [0.4, 0.5) is 5.69 Å². The molecule has 1 unspecified atom stereocenters. The van der Waals surface area contributed by atoms with Crippen molar-refractivity contribution in [2.24, 2.45) is 5.92 Å². The number of nitro groups is 1. The van der Waals surface area contributed by atoms with Crippen LogP contribution in [0.3, 0.4) is 0 Å². The highest BCUT2D eigenvalue weighted by Crippen LogP contribution is 2.18. The second-order valence-electron chi connectivity index (χ2n) is 4.31. The minimum atomic E-state index is -1.18. The van der Waals surface area contributed by atoms with E-state index in [1.54, 1.807) is 13.8 Å². The second kappa shape index (κ2) is 5.94. The van der Waals surface area contributed by atoms with Gasteiger partial charge < -0.3 is 10.4 Å². The average Bonchev–Trinajstić information content (AvgIpc) is 2.34. The van der Waals surface area contributed by atoms with Gasteiger partial charge in [0.25, 0.3) is 11.6 Å². The Morgan fingerprint density at radius 2 is 1.89 bits per heavy atom. The van der Waals surface area contributed by atoms with Crippen molar-refractivity contribution >= 4 is 17.6 Å². The summed E-state index contributed by atoms with van der Waals surface area (Å²) in [7, 11) is 0. The van der Waals surface area contributed by atoms with E-state index in [0.29, 0.717) is 0 Å². The lowest BCUT2D eigenvalue weighted by molar-refractivity contribution is -0.385. The van der Waals surface area contributed by atoms with Crippen LogP contribution in [0, 0.1) is 16.0 Å². The smallest absolute Gasteiger partial charge is 0.326 e. The molecule has 0 aliphatic rings. The number of amides is 1. The molecule has 0 bridgehead atoms. The van der Waals surface area contributed by atoms with Crippen molar-refractivity contribution in [3.8, 4) is 0 Å². The molecule has 0 saturated heterocycles. The second-order valence-corrected chi connectivity index (χ2v) is 4.31. The molecule has 0 aliphatic heterocycles. The Morgan fingerprint density at radius 1 is 1.32 bits per heavy atom. The Morgan fingerprint density at radius 3 is 2.37 bits per heavy atom. The number of nitrogens with zero attached hydrogens (tertiary/aromatic N) is 1. The summed E-state index contributed by atoms with van der Waals surface area (Å²) in [6.45, 7) is 3.27. The van der Waals surface area contributed by atoms with Gasteiger partial charge >= 0.3 is 5.97 Å². The van der Waals surface area contributed by atoms with Gasteiger partial charge in [0.2, 0.25) is 0 Å². The van der Waals surface area contributed by atoms with Crippen LogP contribution in [-0.2, 0) is 4.79 Å². The van der Waals surface area contributed by atoms with Crippen molar-refractivity contribution in [1.29, 1.82) is 0 Å². The molecule has 1 aromatic carbocycles. The minimum Gasteiger partial charge on any atom is -0.480 e. The lowest BCUT2D eigenvalue weighted by atomic mass is 10.0. The lowest BCUT2D eigenvalue weighted by Gasteiger charge is -2.17. The van der Waals surface area contributed by atoms with Crippen molar-refractivity contribution in [2.75, 3.05) is 0 Å². The zero-order valence-electron chi connectivity index (χ0n) is 10.5. The Kier molecular flexibility index (Phi) is 4.57. The molecule has 2 N–H and O–H groups in total. The van der Waals surface area contributed by atoms with Crippen LogP contribution in [0.2, 0.25) is 0 Å². The molecule has 7 heteroatoms. The van der Waals surface area contributed by atoms with Gasteiger partial charge in [0.05, 0.1) is 4.92 Å². The van der Waals surface area contributed by atoms with Crippen LogP contribution in [0.5, 0.6) is 0 Å². The number of para-hydroxylation sites is 1. The predicted molar refractivity (Wildman–Crippen MR) is 66.8 cm³/mol. The van der Waals surface area contributed by atoms with Crippen LogP contribution in [0.25, 0.3) is 0 Å². The molecular formula is C12H14N2O5. The van der Waals surface area contributed by atoms with E-state index in [0.717, 1.165) is 0 Å². The first-order valence-corrected chi connectivity index (χ1v) is 5.61. The molecule has 1 atom stereocenters. The first kappa shape index (κ1) is 14.6. The summed E-state index contributed by atoms with van der Waals surface area (Å²) < 4.78 is 0. The van der Waals surface area contributed by atoms with E-state index in [2.05, 4.69) is 5.32 Å². The van der Waals surface area contributed by atoms with Crippen LogP contribution in [0.15, 0.2) is 24.3 Å². The number of carboxylic acid groups (broad SMARTS) is 1. The summed E-state index contributed by atoms with van der Waals surface area (Å²) in [4.78, 5) is 33.0. The summed E-state index contributed by atoms with van der Waals surface area (Å²) in [6, 6.07) is 4.30. The number of nitro benzene ring substituents is 1. The fraction of sp³-hybridized carbons (Fsp3) is 0.333. The molecule has 0 heterocycles. The molecule has 1 rings (SSSR count). The maximum atomic E-state index is 11.9. The molecule has 0 fully saturated rings. The zero-order valence-corrected chi connectivity index (χ0v) is 10.5. The minimum absolute atomic E-state index is 0.153. The monoisotopic (exact) mass is 266 g/mol. The van der Waals surface area contributed by atoms with Gasteiger partial charge in [-0.2, -0.15) is 0 Å². The highest BCUT2D eigenvalue weighted by Gasteiger charge is 2.27. The van der Waals surface area contributed by atoms with E-state index >= 15 is 0 Å². The molecule has 0 radical (unpaired) electrons. The number of rotatable bonds is 5. The van der Waals surface area contributed by atoms with E-state index in [1.165, 1.54) is 24.3 Å². The van der Waals surface area contributed by atoms with E-state index < -0.39 is 22.8 Å². The standard InChI is InChI=1S/C12H14N2O5/c1-7(2)10(12(16)17)13-11(15)8-5-3-4-6-9(8)14(18)19/h3-7,10H,1-2H3,(H,13,15)(H,16,17). The lowest BCUT2D eigenvalue weighted by Crippen LogP contribution is -2.44. The van der Waals surface area contributed by atoms with Crippen molar-refractivity contribution in [2.45, 2.75) is 19.9 Å². The van der Waals surface area contributed by atoms with Crippen LogP contribution in [0.1, 0.15) is 24.2 Å². The topological polar surface area (TPSA) is 110 Å². The third-order valence-corrected chi connectivity index (χ3v) is 2.56. The quantitative estimate of drug-likeness (QED) is 0.619. The number of aliphatic carboxylic acids is 1. The van der Waals surface area contributed by atoms with Crippen LogP contribution < -0.4 is 5.32 Å². The summed E-state index contributed by atoms with van der Waals surface area (Å²) in [5.74, 6) is -2.28. The maximum absolute atomic E-state index is 11.9. The number of carboxylic acids is 1. The first-order valence-electron chi connectivity index (χ1n) is 5.61. The number of hydrogen-bond donors (Lipinski definition) is 2. The van der Waals surface area contributed by atoms with Crippen molar-refractivity contribution in [3.05, 3.63) is 39.9 Å². The van der Waals surface area contributed by atoms with Crippen LogP contribution >= 0.6 is 0 Å². The highest BCUT2D eigenvalue weighted by molar-refractivity contribution is 5.99. The highest BCUT2D eigenvalue weighted by atomic mass is 16.6. The summed E-state index contributed by atoms with van der Waals surface area (Å²) >= 11 is 0. The number of benzene rings is 1. The fourth-order valence-electron chi connectivity index (χ4n) is 1.56. The van der Waals surface area contributed by atoms with Gasteiger partial charge in [-0.25, -0.2) is 4.79 Å². The molecular weight excluding hydrogens is 252 g/mol. The molecule has 1 amide bonds. The Balaban J connectivity index is 3.01. The van der Waals surface area contributed by atoms with Gasteiger partial charge in [0.1, 0.15) is 11.6 Å². The number of nitrogens with one attached hydrogen (secondary N) is 1. The van der Waals surface area contributed by atoms with E-state index in [9.17, 15) is 19.7 Å². The number of carbonyl (C=O) groups is 2. The van der Waals surface area contributed by atoms with Crippen molar-refractivity contribution in [3.63, 3.8) is 0 Å². The largest absolute Gasteiger partial charge is 0.480 e. The molecule has 0 spiro atoms. The van der Waals surface area contributed by atoms with E-state index in [4.69, 9.17) is 5.11 Å². The third kappa shape index (κ3) is 3.51. The Bertz CT molecular complexity index is 513. The average molecular weight is 266 g/mol. The maximum Gasteiger partial charge on any atom is 0.326 e. The molecule has 19 heavy (non-hydrogen) atoms. The van der Waals surface area contributed by atoms with Gasteiger partial charge in [0, 0.05) is 6.07 Å². The third-order valence-electron chi connectivity index (χ3n) is 2.56. The summed E-state index contributed by atoms with van der Waals surface area (Å²) in [6.07, 6.45) is 0. The van der Waals surface area contributed by atoms with Gasteiger partial charge in [-0.05, 0) is 12.0 Å². The van der Waals surface area contributed by atoms with Gasteiger partial charge in [-0.15, -0.1) is 0 Å². The number of hydrogen-bond acceptors (Lipinski definition) is 4. The Labute approximate surface area is 109 Å². The van der Waals surface area contributed by atoms with E-state index in [1.807, 2.05) is 0 Å². The molecule has 1 aromatic rings. The molecule has 7 nitrogen and oxygen atoms in total. The SMILES string of the molecule is CC(C)C(NC(=O)c1ccccc1[N+](=O)[O-])C(=O)O. The summed E-state index contributed by atoms with van der Waals surface area (Å²) in [5, 5.41) is 22.0. The Hall–Kier alpha value is -2.44. The first-order chi connectivity index (χ1) is 8.84. The zero-order chi connectivity index (χ0) is 14.6. The van der Waals surface area contributed by atoms with Crippen molar-refractivity contribution < 1.29 is 19.6 Å². The number of carbonyl (C=O) groups excluding carboxylic acids is 1. The molecule has 0 aliphatic carbocycles. The normalized spacial score (nSPS) is 11.9. The fourth-order valence-corrected chi connectivity index (χ4v) is 1.56. The van der Waals surface area contributed by atoms with Gasteiger partial charge in [0.15, 0.2) is 0 Å². The predicted octanol–water partition coefficient (Wildman–Crippen LogP) is 1.43.